The van der Waals surface area contributed by atoms with Crippen molar-refractivity contribution in [3.8, 4) is 0 Å². The molecule has 1 unspecified atom stereocenters. The summed E-state index contributed by atoms with van der Waals surface area (Å²) in [4.78, 5) is 25.1. The first-order valence-corrected chi connectivity index (χ1v) is 7.85. The van der Waals surface area contributed by atoms with E-state index in [2.05, 4.69) is 5.32 Å². The Balaban J connectivity index is 2.34. The highest BCUT2D eigenvalue weighted by Crippen LogP contribution is 2.24. The van der Waals surface area contributed by atoms with Crippen LogP contribution in [0.4, 0.5) is 0 Å². The zero-order valence-corrected chi connectivity index (χ0v) is 13.9. The Labute approximate surface area is 133 Å². The fourth-order valence-electron chi connectivity index (χ4n) is 2.31. The van der Waals surface area contributed by atoms with E-state index in [1.54, 1.807) is 17.5 Å². The van der Waals surface area contributed by atoms with Crippen LogP contribution in [-0.2, 0) is 4.79 Å². The number of nitrogens with one attached hydrogen (secondary N) is 1. The monoisotopic (exact) mass is 317 g/mol. The van der Waals surface area contributed by atoms with Crippen LogP contribution in [-0.4, -0.2) is 17.0 Å². The van der Waals surface area contributed by atoms with Crippen molar-refractivity contribution in [2.24, 2.45) is 0 Å². The number of aryl methyl sites for hydroxylation is 2. The number of hydrogen-bond acceptors (Lipinski definition) is 3. The van der Waals surface area contributed by atoms with Gasteiger partial charge in [0.25, 0.3) is 5.91 Å². The number of rotatable bonds is 4. The number of aliphatic carboxylic acids is 1. The second-order valence-electron chi connectivity index (χ2n) is 5.36. The Kier molecular flexibility index (Phi) is 4.66. The van der Waals surface area contributed by atoms with Gasteiger partial charge in [-0.1, -0.05) is 18.2 Å². The van der Waals surface area contributed by atoms with Crippen molar-refractivity contribution in [3.63, 3.8) is 0 Å². The molecule has 4 nitrogen and oxygen atoms in total. The molecule has 2 rings (SSSR count). The average Bonchev–Trinajstić information content (AvgIpc) is 2.79. The van der Waals surface area contributed by atoms with E-state index in [1.165, 1.54) is 11.3 Å². The van der Waals surface area contributed by atoms with Crippen molar-refractivity contribution in [2.75, 3.05) is 0 Å². The Morgan fingerprint density at radius 3 is 2.36 bits per heavy atom. The predicted octanol–water partition coefficient (Wildman–Crippen LogP) is 3.54. The van der Waals surface area contributed by atoms with Gasteiger partial charge in [-0.15, -0.1) is 11.3 Å². The Morgan fingerprint density at radius 1 is 1.14 bits per heavy atom. The molecule has 22 heavy (non-hydrogen) atoms. The molecule has 1 aromatic carbocycles. The molecule has 1 amide bonds. The molecule has 5 heteroatoms. The highest BCUT2D eigenvalue weighted by molar-refractivity contribution is 7.10. The number of carbonyl (C=O) groups is 2. The largest absolute Gasteiger partial charge is 0.479 e. The van der Waals surface area contributed by atoms with Gasteiger partial charge in [-0.05, 0) is 49.9 Å². The summed E-state index contributed by atoms with van der Waals surface area (Å²) < 4.78 is 0. The van der Waals surface area contributed by atoms with Gasteiger partial charge in [-0.2, -0.15) is 0 Å². The second-order valence-corrected chi connectivity index (χ2v) is 6.45. The van der Waals surface area contributed by atoms with E-state index < -0.39 is 12.0 Å². The second kappa shape index (κ2) is 6.32. The smallest absolute Gasteiger partial charge is 0.330 e. The first-order chi connectivity index (χ1) is 10.3. The number of amides is 1. The average molecular weight is 317 g/mol. The summed E-state index contributed by atoms with van der Waals surface area (Å²) in [7, 11) is 0. The topological polar surface area (TPSA) is 66.4 Å². The lowest BCUT2D eigenvalue weighted by atomic mass is 9.97. The van der Waals surface area contributed by atoms with Gasteiger partial charge in [-0.3, -0.25) is 4.79 Å². The summed E-state index contributed by atoms with van der Waals surface area (Å²) in [6, 6.07) is 4.42. The maximum atomic E-state index is 12.4. The van der Waals surface area contributed by atoms with E-state index in [9.17, 15) is 14.7 Å². The number of hydrogen-bond donors (Lipinski definition) is 2. The van der Waals surface area contributed by atoms with Crippen molar-refractivity contribution in [2.45, 2.75) is 33.7 Å². The number of thiophene rings is 1. The van der Waals surface area contributed by atoms with Gasteiger partial charge in [0.1, 0.15) is 0 Å². The quantitative estimate of drug-likeness (QED) is 0.906. The molecule has 2 aromatic rings. The normalized spacial score (nSPS) is 12.0. The minimum atomic E-state index is -1.06. The third-order valence-electron chi connectivity index (χ3n) is 4.01. The molecular formula is C17H19NO3S. The Morgan fingerprint density at radius 2 is 1.82 bits per heavy atom. The first-order valence-electron chi connectivity index (χ1n) is 6.97. The molecule has 0 spiro atoms. The molecule has 0 aliphatic rings. The minimum absolute atomic E-state index is 0.352. The molecule has 116 valence electrons. The van der Waals surface area contributed by atoms with Crippen LogP contribution in [0.5, 0.6) is 0 Å². The van der Waals surface area contributed by atoms with Crippen LogP contribution in [0.3, 0.4) is 0 Å². The maximum Gasteiger partial charge on any atom is 0.330 e. The Bertz CT molecular complexity index is 734. The summed E-state index contributed by atoms with van der Waals surface area (Å²) in [5, 5.41) is 13.9. The van der Waals surface area contributed by atoms with Crippen LogP contribution in [0, 0.1) is 27.7 Å². The van der Waals surface area contributed by atoms with Gasteiger partial charge < -0.3 is 10.4 Å². The summed E-state index contributed by atoms with van der Waals surface area (Å²) in [5.41, 5.74) is 3.94. The fourth-order valence-corrected chi connectivity index (χ4v) is 3.17. The number of benzene rings is 1. The SMILES string of the molecule is Cc1cccc(C(NC(=O)c2csc(C)c2C)C(=O)O)c1C. The highest BCUT2D eigenvalue weighted by atomic mass is 32.1. The molecule has 1 aromatic heterocycles. The van der Waals surface area contributed by atoms with Crippen molar-refractivity contribution in [3.05, 3.63) is 56.3 Å². The standard InChI is InChI=1S/C17H19NO3S/c1-9-6-5-7-13(10(9)2)15(17(20)21)18-16(19)14-8-22-12(4)11(14)3/h5-8,15H,1-4H3,(H,18,19)(H,20,21). The summed E-state index contributed by atoms with van der Waals surface area (Å²) in [6.45, 7) is 7.60. The van der Waals surface area contributed by atoms with Gasteiger partial charge in [0.05, 0.1) is 5.56 Å². The molecule has 2 N–H and O–H groups in total. The molecule has 0 aliphatic carbocycles. The van der Waals surface area contributed by atoms with Gasteiger partial charge in [0, 0.05) is 10.3 Å². The van der Waals surface area contributed by atoms with E-state index in [0.717, 1.165) is 21.6 Å². The van der Waals surface area contributed by atoms with Crippen molar-refractivity contribution in [1.82, 2.24) is 5.32 Å². The zero-order valence-electron chi connectivity index (χ0n) is 13.1. The van der Waals surface area contributed by atoms with Crippen LogP contribution in [0.25, 0.3) is 0 Å². The van der Waals surface area contributed by atoms with E-state index in [0.29, 0.717) is 11.1 Å². The molecule has 0 radical (unpaired) electrons. The number of carboxylic acid groups (broad SMARTS) is 1. The summed E-state index contributed by atoms with van der Waals surface area (Å²) in [6.07, 6.45) is 0. The van der Waals surface area contributed by atoms with Crippen molar-refractivity contribution >= 4 is 23.2 Å². The molecule has 0 saturated carbocycles. The molecule has 0 aliphatic heterocycles. The lowest BCUT2D eigenvalue weighted by Gasteiger charge is -2.18. The van der Waals surface area contributed by atoms with E-state index in [1.807, 2.05) is 33.8 Å². The molecule has 0 bridgehead atoms. The van der Waals surface area contributed by atoms with E-state index >= 15 is 0 Å². The van der Waals surface area contributed by atoms with Crippen LogP contribution in [0.1, 0.15) is 43.5 Å². The molecule has 1 heterocycles. The summed E-state index contributed by atoms with van der Waals surface area (Å²) in [5.74, 6) is -1.41. The minimum Gasteiger partial charge on any atom is -0.479 e. The van der Waals surface area contributed by atoms with E-state index in [-0.39, 0.29) is 5.91 Å². The lowest BCUT2D eigenvalue weighted by molar-refractivity contribution is -0.139. The first kappa shape index (κ1) is 16.2. The fraction of sp³-hybridized carbons (Fsp3) is 0.294. The van der Waals surface area contributed by atoms with Crippen LogP contribution >= 0.6 is 11.3 Å². The number of carboxylic acids is 1. The van der Waals surface area contributed by atoms with Crippen molar-refractivity contribution < 1.29 is 14.7 Å². The zero-order chi connectivity index (χ0) is 16.4. The number of carbonyl (C=O) groups excluding carboxylic acids is 1. The molecule has 0 fully saturated rings. The predicted molar refractivity (Wildman–Crippen MR) is 87.6 cm³/mol. The van der Waals surface area contributed by atoms with Crippen molar-refractivity contribution in [1.29, 1.82) is 0 Å². The molecule has 0 saturated heterocycles. The maximum absolute atomic E-state index is 12.4. The third kappa shape index (κ3) is 3.04. The summed E-state index contributed by atoms with van der Waals surface area (Å²) >= 11 is 1.49. The molecule has 1 atom stereocenters. The van der Waals surface area contributed by atoms with Crippen LogP contribution in [0.2, 0.25) is 0 Å². The lowest BCUT2D eigenvalue weighted by Crippen LogP contribution is -2.34. The van der Waals surface area contributed by atoms with E-state index in [4.69, 9.17) is 0 Å². The highest BCUT2D eigenvalue weighted by Gasteiger charge is 2.25. The van der Waals surface area contributed by atoms with Gasteiger partial charge in [0.15, 0.2) is 6.04 Å². The van der Waals surface area contributed by atoms with Gasteiger partial charge in [0.2, 0.25) is 0 Å². The van der Waals surface area contributed by atoms with Gasteiger partial charge >= 0.3 is 5.97 Å². The van der Waals surface area contributed by atoms with Crippen LogP contribution < -0.4 is 5.32 Å². The van der Waals surface area contributed by atoms with Gasteiger partial charge in [-0.25, -0.2) is 4.79 Å². The Hall–Kier alpha value is -2.14. The van der Waals surface area contributed by atoms with Crippen LogP contribution in [0.15, 0.2) is 23.6 Å². The third-order valence-corrected chi connectivity index (χ3v) is 5.02. The molecular weight excluding hydrogens is 298 g/mol.